The summed E-state index contributed by atoms with van der Waals surface area (Å²) in [6.07, 6.45) is 0. The first-order chi connectivity index (χ1) is 10.9. The molecule has 23 heavy (non-hydrogen) atoms. The predicted octanol–water partition coefficient (Wildman–Crippen LogP) is 5.23. The summed E-state index contributed by atoms with van der Waals surface area (Å²) < 4.78 is 5.83. The van der Waals surface area contributed by atoms with Gasteiger partial charge in [0.25, 0.3) is 5.91 Å². The van der Waals surface area contributed by atoms with Gasteiger partial charge in [0.05, 0.1) is 5.69 Å². The van der Waals surface area contributed by atoms with Gasteiger partial charge in [0.15, 0.2) is 5.58 Å². The summed E-state index contributed by atoms with van der Waals surface area (Å²) in [5, 5.41) is 4.05. The van der Waals surface area contributed by atoms with Crippen LogP contribution >= 0.6 is 0 Å². The van der Waals surface area contributed by atoms with Gasteiger partial charge in [0, 0.05) is 10.9 Å². The van der Waals surface area contributed by atoms with E-state index >= 15 is 0 Å². The third-order valence-corrected chi connectivity index (χ3v) is 4.35. The van der Waals surface area contributed by atoms with Crippen LogP contribution in [-0.4, -0.2) is 5.91 Å². The summed E-state index contributed by atoms with van der Waals surface area (Å²) in [6.45, 7) is 9.94. The number of fused-ring (bicyclic) bond motifs is 1. The Morgan fingerprint density at radius 2 is 1.65 bits per heavy atom. The van der Waals surface area contributed by atoms with Crippen molar-refractivity contribution in [3.63, 3.8) is 0 Å². The molecule has 0 saturated carbocycles. The predicted molar refractivity (Wildman–Crippen MR) is 94.3 cm³/mol. The topological polar surface area (TPSA) is 42.2 Å². The quantitative estimate of drug-likeness (QED) is 0.704. The lowest BCUT2D eigenvalue weighted by atomic mass is 9.99. The zero-order valence-electron chi connectivity index (χ0n) is 14.2. The molecular formula is C20H21NO2. The molecule has 0 aliphatic carbocycles. The number of hydrogen-bond donors (Lipinski definition) is 1. The van der Waals surface area contributed by atoms with Crippen LogP contribution in [0.3, 0.4) is 0 Å². The third-order valence-electron chi connectivity index (χ3n) is 4.35. The minimum Gasteiger partial charge on any atom is -0.459 e. The van der Waals surface area contributed by atoms with Gasteiger partial charge in [-0.15, -0.1) is 0 Å². The smallest absolute Gasteiger partial charge is 0.256 e. The molecule has 1 N–H and O–H groups in total. The van der Waals surface area contributed by atoms with Gasteiger partial charge in [-0.05, 0) is 57.4 Å². The molecule has 0 fully saturated rings. The molecule has 3 aromatic rings. The highest BCUT2D eigenvalue weighted by Gasteiger charge is 2.16. The van der Waals surface area contributed by atoms with Gasteiger partial charge in [-0.25, -0.2) is 0 Å². The van der Waals surface area contributed by atoms with E-state index in [0.29, 0.717) is 5.69 Å². The fraction of sp³-hybridized carbons (Fsp3) is 0.250. The molecule has 1 heterocycles. The molecule has 0 unspecified atom stereocenters. The second-order valence-electron chi connectivity index (χ2n) is 6.19. The number of amides is 1. The Morgan fingerprint density at radius 1 is 1.00 bits per heavy atom. The highest BCUT2D eigenvalue weighted by atomic mass is 16.3. The van der Waals surface area contributed by atoms with Crippen LogP contribution in [-0.2, 0) is 0 Å². The number of carbonyl (C=O) groups excluding carboxylic acids is 1. The van der Waals surface area contributed by atoms with Gasteiger partial charge in [0.1, 0.15) is 5.76 Å². The fourth-order valence-electron chi connectivity index (χ4n) is 3.18. The Hall–Kier alpha value is -2.55. The summed E-state index contributed by atoms with van der Waals surface area (Å²) >= 11 is 0. The molecule has 0 saturated heterocycles. The van der Waals surface area contributed by atoms with Crippen molar-refractivity contribution in [2.24, 2.45) is 0 Å². The maximum atomic E-state index is 12.7. The van der Waals surface area contributed by atoms with Crippen molar-refractivity contribution in [2.45, 2.75) is 34.6 Å². The average Bonchev–Trinajstić information content (AvgIpc) is 2.75. The molecule has 0 atom stereocenters. The SMILES string of the molecule is Cc1cc(C)c(C(=O)Nc2cccc3c(C)c(C)oc23)c(C)c1. The summed E-state index contributed by atoms with van der Waals surface area (Å²) in [5.41, 5.74) is 6.42. The molecule has 3 nitrogen and oxygen atoms in total. The molecule has 3 heteroatoms. The number of hydrogen-bond acceptors (Lipinski definition) is 2. The van der Waals surface area contributed by atoms with E-state index < -0.39 is 0 Å². The molecule has 0 aliphatic rings. The van der Waals surface area contributed by atoms with Crippen LogP contribution in [0.5, 0.6) is 0 Å². The third kappa shape index (κ3) is 2.63. The Bertz CT molecular complexity index is 896. The fourth-order valence-corrected chi connectivity index (χ4v) is 3.18. The highest BCUT2D eigenvalue weighted by molar-refractivity contribution is 6.09. The number of rotatable bonds is 2. The zero-order chi connectivity index (χ0) is 16.7. The second-order valence-corrected chi connectivity index (χ2v) is 6.19. The molecule has 1 aromatic heterocycles. The molecule has 0 spiro atoms. The van der Waals surface area contributed by atoms with Crippen molar-refractivity contribution in [2.75, 3.05) is 5.32 Å². The minimum atomic E-state index is -0.0980. The molecule has 3 rings (SSSR count). The molecule has 0 radical (unpaired) electrons. The van der Waals surface area contributed by atoms with Gasteiger partial charge in [-0.1, -0.05) is 29.8 Å². The Labute approximate surface area is 136 Å². The first-order valence-corrected chi connectivity index (χ1v) is 7.76. The average molecular weight is 307 g/mol. The lowest BCUT2D eigenvalue weighted by Crippen LogP contribution is -2.15. The minimum absolute atomic E-state index is 0.0980. The molecule has 1 amide bonds. The number of carbonyl (C=O) groups is 1. The lowest BCUT2D eigenvalue weighted by molar-refractivity contribution is 0.102. The van der Waals surface area contributed by atoms with E-state index in [-0.39, 0.29) is 5.91 Å². The van der Waals surface area contributed by atoms with Gasteiger partial charge in [-0.2, -0.15) is 0 Å². The maximum Gasteiger partial charge on any atom is 0.256 e. The Kier molecular flexibility index (Phi) is 3.72. The molecule has 2 aromatic carbocycles. The van der Waals surface area contributed by atoms with Crippen molar-refractivity contribution in [1.82, 2.24) is 0 Å². The van der Waals surface area contributed by atoms with Crippen LogP contribution in [0.1, 0.15) is 38.4 Å². The van der Waals surface area contributed by atoms with Gasteiger partial charge in [-0.3, -0.25) is 4.79 Å². The van der Waals surface area contributed by atoms with Crippen molar-refractivity contribution in [1.29, 1.82) is 0 Å². The monoisotopic (exact) mass is 307 g/mol. The van der Waals surface area contributed by atoms with Crippen molar-refractivity contribution >= 4 is 22.6 Å². The van der Waals surface area contributed by atoms with Crippen LogP contribution in [0.2, 0.25) is 0 Å². The molecule has 118 valence electrons. The summed E-state index contributed by atoms with van der Waals surface area (Å²) in [6, 6.07) is 9.89. The van der Waals surface area contributed by atoms with Crippen LogP contribution in [0, 0.1) is 34.6 Å². The Balaban J connectivity index is 2.03. The van der Waals surface area contributed by atoms with E-state index in [1.165, 1.54) is 0 Å². The lowest BCUT2D eigenvalue weighted by Gasteiger charge is -2.12. The second kappa shape index (κ2) is 5.58. The van der Waals surface area contributed by atoms with Gasteiger partial charge in [0.2, 0.25) is 0 Å². The number of furan rings is 1. The van der Waals surface area contributed by atoms with Crippen molar-refractivity contribution < 1.29 is 9.21 Å². The first-order valence-electron chi connectivity index (χ1n) is 7.76. The summed E-state index contributed by atoms with van der Waals surface area (Å²) in [7, 11) is 0. The zero-order valence-corrected chi connectivity index (χ0v) is 14.2. The van der Waals surface area contributed by atoms with Crippen molar-refractivity contribution in [3.05, 3.63) is 63.9 Å². The normalized spacial score (nSPS) is 11.0. The van der Waals surface area contributed by atoms with Crippen LogP contribution < -0.4 is 5.32 Å². The highest BCUT2D eigenvalue weighted by Crippen LogP contribution is 2.31. The van der Waals surface area contributed by atoms with Crippen LogP contribution in [0.15, 0.2) is 34.7 Å². The van der Waals surface area contributed by atoms with E-state index in [9.17, 15) is 4.79 Å². The molecule has 0 bridgehead atoms. The van der Waals surface area contributed by atoms with E-state index in [0.717, 1.165) is 44.5 Å². The molecule has 0 aliphatic heterocycles. The molecular weight excluding hydrogens is 286 g/mol. The standard InChI is InChI=1S/C20H21NO2/c1-11-9-12(2)18(13(3)10-11)20(22)21-17-8-6-7-16-14(4)15(5)23-19(16)17/h6-10H,1-5H3,(H,21,22). The van der Waals surface area contributed by atoms with E-state index in [4.69, 9.17) is 4.42 Å². The number of anilines is 1. The van der Waals surface area contributed by atoms with Gasteiger partial charge < -0.3 is 9.73 Å². The van der Waals surface area contributed by atoms with E-state index in [1.807, 2.05) is 65.0 Å². The largest absolute Gasteiger partial charge is 0.459 e. The number of benzene rings is 2. The van der Waals surface area contributed by atoms with E-state index in [1.54, 1.807) is 0 Å². The van der Waals surface area contributed by atoms with Gasteiger partial charge >= 0.3 is 0 Å². The van der Waals surface area contributed by atoms with E-state index in [2.05, 4.69) is 5.32 Å². The van der Waals surface area contributed by atoms with Crippen LogP contribution in [0.25, 0.3) is 11.0 Å². The van der Waals surface area contributed by atoms with Crippen molar-refractivity contribution in [3.8, 4) is 0 Å². The number of nitrogens with one attached hydrogen (secondary N) is 1. The van der Waals surface area contributed by atoms with Crippen LogP contribution in [0.4, 0.5) is 5.69 Å². The number of para-hydroxylation sites is 1. The Morgan fingerprint density at radius 3 is 2.30 bits per heavy atom. The maximum absolute atomic E-state index is 12.7. The summed E-state index contributed by atoms with van der Waals surface area (Å²) in [4.78, 5) is 12.7. The first kappa shape index (κ1) is 15.3. The number of aryl methyl sites for hydroxylation is 5. The summed E-state index contributed by atoms with van der Waals surface area (Å²) in [5.74, 6) is 0.781.